The lowest BCUT2D eigenvalue weighted by atomic mass is 9.99. The van der Waals surface area contributed by atoms with E-state index < -0.39 is 0 Å². The third-order valence-corrected chi connectivity index (χ3v) is 3.44. The topological polar surface area (TPSA) is 12.9 Å². The second-order valence-corrected chi connectivity index (χ2v) is 4.67. The molecule has 0 aliphatic heterocycles. The molecule has 2 aromatic carbocycles. The Balaban J connectivity index is 2.18. The van der Waals surface area contributed by atoms with E-state index in [1.807, 2.05) is 18.3 Å². The third-order valence-electron chi connectivity index (χ3n) is 2.87. The van der Waals surface area contributed by atoms with Gasteiger partial charge >= 0.3 is 11.5 Å². The molecule has 1 heterocycles. The molecule has 0 aliphatic carbocycles. The lowest BCUT2D eigenvalue weighted by Crippen LogP contribution is -1.84. The summed E-state index contributed by atoms with van der Waals surface area (Å²) in [6.45, 7) is 0. The first-order chi connectivity index (χ1) is 8.95. The minimum atomic E-state index is 1.18. The summed E-state index contributed by atoms with van der Waals surface area (Å²) in [7, 11) is 0. The molecule has 0 amide bonds. The molecule has 0 spiro atoms. The van der Waals surface area contributed by atoms with E-state index in [9.17, 15) is 0 Å². The monoisotopic (exact) mass is 250 g/mol. The highest BCUT2D eigenvalue weighted by atomic mass is 32.1. The molecule has 0 saturated heterocycles. The van der Waals surface area contributed by atoms with Gasteiger partial charge in [0.25, 0.3) is 0 Å². The molecule has 0 saturated carbocycles. The maximum Gasteiger partial charge on any atom is 0.354 e. The maximum absolute atomic E-state index is 4.29. The Labute approximate surface area is 111 Å². The van der Waals surface area contributed by atoms with Crippen molar-refractivity contribution in [1.82, 2.24) is 4.37 Å². The van der Waals surface area contributed by atoms with Gasteiger partial charge in [-0.2, -0.15) is 0 Å². The Morgan fingerprint density at radius 2 is 1.22 bits per heavy atom. The van der Waals surface area contributed by atoms with Crippen LogP contribution in [0, 0.1) is 0 Å². The van der Waals surface area contributed by atoms with Gasteiger partial charge in [-0.1, -0.05) is 60.7 Å². The highest BCUT2D eigenvalue weighted by molar-refractivity contribution is 7.03. The first-order valence-corrected chi connectivity index (χ1v) is 6.66. The molecular formula is C16H12NS+. The Kier molecular flexibility index (Phi) is 3.11. The Bertz CT molecular complexity index is 577. The first-order valence-electron chi connectivity index (χ1n) is 5.83. The molecule has 0 N–H and O–H groups in total. The molecule has 0 aliphatic rings. The average molecular weight is 250 g/mol. The van der Waals surface area contributed by atoms with Crippen LogP contribution < -0.4 is 0 Å². The fraction of sp³-hybridized carbons (Fsp3) is 0. The Morgan fingerprint density at radius 1 is 0.667 bits per heavy atom. The van der Waals surface area contributed by atoms with Crippen LogP contribution in [-0.2, 0) is 0 Å². The highest BCUT2D eigenvalue weighted by Gasteiger charge is 2.11. The molecule has 2 heteroatoms. The van der Waals surface area contributed by atoms with Crippen LogP contribution in [-0.4, -0.2) is 4.37 Å². The van der Waals surface area contributed by atoms with E-state index in [1.54, 1.807) is 0 Å². The zero-order valence-electron chi connectivity index (χ0n) is 9.78. The van der Waals surface area contributed by atoms with Gasteiger partial charge in [-0.25, -0.2) is 0 Å². The van der Waals surface area contributed by atoms with Gasteiger partial charge in [-0.05, 0) is 11.1 Å². The minimum absolute atomic E-state index is 1.18. The fourth-order valence-corrected chi connectivity index (χ4v) is 2.58. The molecule has 3 rings (SSSR count). The molecular weight excluding hydrogens is 238 g/mol. The smallest absolute Gasteiger partial charge is 0.0622 e. The predicted octanol–water partition coefficient (Wildman–Crippen LogP) is 4.76. The van der Waals surface area contributed by atoms with Gasteiger partial charge in [-0.3, -0.25) is 0 Å². The second-order valence-electron chi connectivity index (χ2n) is 4.02. The van der Waals surface area contributed by atoms with Crippen molar-refractivity contribution in [1.29, 1.82) is 0 Å². The van der Waals surface area contributed by atoms with Gasteiger partial charge in [0.05, 0.1) is 11.8 Å². The van der Waals surface area contributed by atoms with Crippen LogP contribution in [0.3, 0.4) is 0 Å². The number of hydrogen-bond donors (Lipinski definition) is 0. The second kappa shape index (κ2) is 5.07. The predicted molar refractivity (Wildman–Crippen MR) is 77.4 cm³/mol. The standard InChI is InChI=1S/C16H12NS/c1-3-7-13(8-4-1)15-11-17-18-12-16(15)14-9-5-2-6-10-14/h1-12H/q+1. The zero-order valence-corrected chi connectivity index (χ0v) is 10.6. The number of aromatic nitrogens is 1. The van der Waals surface area contributed by atoms with E-state index in [-0.39, 0.29) is 0 Å². The van der Waals surface area contributed by atoms with E-state index in [2.05, 4.69) is 58.3 Å². The van der Waals surface area contributed by atoms with E-state index in [4.69, 9.17) is 0 Å². The van der Waals surface area contributed by atoms with Crippen molar-refractivity contribution in [2.75, 3.05) is 0 Å². The number of nitrogens with zero attached hydrogens (tertiary/aromatic N) is 1. The fourth-order valence-electron chi connectivity index (χ4n) is 1.99. The molecule has 3 aromatic rings. The number of benzene rings is 2. The molecule has 1 nitrogen and oxygen atoms in total. The molecule has 86 valence electrons. The van der Waals surface area contributed by atoms with Gasteiger partial charge in [0.15, 0.2) is 0 Å². The van der Waals surface area contributed by atoms with Crippen molar-refractivity contribution in [2.45, 2.75) is 0 Å². The molecule has 0 unspecified atom stereocenters. The summed E-state index contributed by atoms with van der Waals surface area (Å²) in [4.78, 5) is 0. The third kappa shape index (κ3) is 2.15. The summed E-state index contributed by atoms with van der Waals surface area (Å²) in [5.41, 5.74) is 4.86. The van der Waals surface area contributed by atoms with Crippen molar-refractivity contribution < 1.29 is 0 Å². The van der Waals surface area contributed by atoms with Crippen LogP contribution in [0.2, 0.25) is 0 Å². The highest BCUT2D eigenvalue weighted by Crippen LogP contribution is 2.31. The van der Waals surface area contributed by atoms with E-state index in [0.29, 0.717) is 0 Å². The van der Waals surface area contributed by atoms with Crippen LogP contribution in [0.1, 0.15) is 0 Å². The van der Waals surface area contributed by atoms with E-state index >= 15 is 0 Å². The number of rotatable bonds is 2. The molecule has 0 radical (unpaired) electrons. The van der Waals surface area contributed by atoms with Crippen LogP contribution >= 0.6 is 11.5 Å². The van der Waals surface area contributed by atoms with Gasteiger partial charge < -0.3 is 0 Å². The molecule has 0 fully saturated rings. The summed E-state index contributed by atoms with van der Waals surface area (Å²) < 4.78 is 4.29. The molecule has 18 heavy (non-hydrogen) atoms. The quantitative estimate of drug-likeness (QED) is 0.598. The molecule has 0 bridgehead atoms. The van der Waals surface area contributed by atoms with Crippen molar-refractivity contribution in [2.24, 2.45) is 0 Å². The van der Waals surface area contributed by atoms with Crippen LogP contribution in [0.5, 0.6) is 0 Å². The van der Waals surface area contributed by atoms with Gasteiger partial charge in [-0.15, -0.1) is 0 Å². The molecule has 1 aromatic heterocycles. The van der Waals surface area contributed by atoms with Crippen molar-refractivity contribution in [3.63, 3.8) is 0 Å². The molecule has 0 atom stereocenters. The summed E-state index contributed by atoms with van der Waals surface area (Å²) >= 11 is 1.48. The Morgan fingerprint density at radius 3 is 1.83 bits per heavy atom. The lowest BCUT2D eigenvalue weighted by molar-refractivity contribution is 1.50. The average Bonchev–Trinajstić information content (AvgIpc) is 2.49. The maximum atomic E-state index is 4.29. The summed E-state index contributed by atoms with van der Waals surface area (Å²) in [6.07, 6.45) is 1.95. The van der Waals surface area contributed by atoms with Gasteiger partial charge in [0.1, 0.15) is 0 Å². The van der Waals surface area contributed by atoms with Crippen LogP contribution in [0.4, 0.5) is 0 Å². The Hall–Kier alpha value is -2.06. The first kappa shape index (κ1) is 11.1. The summed E-state index contributed by atoms with van der Waals surface area (Å²) in [5.74, 6) is 0. The summed E-state index contributed by atoms with van der Waals surface area (Å²) in [6, 6.07) is 20.8. The van der Waals surface area contributed by atoms with Crippen molar-refractivity contribution in [3.05, 3.63) is 72.2 Å². The zero-order chi connectivity index (χ0) is 12.2. The number of hydrogen-bond acceptors (Lipinski definition) is 1. The SMILES string of the molecule is c1ccc(-c2cn[s+]cc2-c2ccccc2)cc1. The van der Waals surface area contributed by atoms with Gasteiger partial charge in [0, 0.05) is 9.94 Å². The van der Waals surface area contributed by atoms with E-state index in [0.717, 1.165) is 0 Å². The van der Waals surface area contributed by atoms with Crippen molar-refractivity contribution in [3.8, 4) is 22.3 Å². The van der Waals surface area contributed by atoms with Crippen LogP contribution in [0.25, 0.3) is 22.3 Å². The van der Waals surface area contributed by atoms with Gasteiger partial charge in [0.2, 0.25) is 5.38 Å². The largest absolute Gasteiger partial charge is 0.354 e. The lowest BCUT2D eigenvalue weighted by Gasteiger charge is -2.05. The van der Waals surface area contributed by atoms with E-state index in [1.165, 1.54) is 33.8 Å². The minimum Gasteiger partial charge on any atom is -0.0622 e. The van der Waals surface area contributed by atoms with Crippen LogP contribution in [0.15, 0.2) is 72.2 Å². The van der Waals surface area contributed by atoms with Crippen molar-refractivity contribution >= 4 is 11.5 Å². The normalized spacial score (nSPS) is 10.2. The summed E-state index contributed by atoms with van der Waals surface area (Å²) in [5, 5.41) is 2.11.